The summed E-state index contributed by atoms with van der Waals surface area (Å²) in [4.78, 5) is 9.17. The molecule has 0 amide bonds. The molecule has 0 unspecified atom stereocenters. The molecular weight excluding hydrogens is 240 g/mol. The molecule has 0 spiro atoms. The topological polar surface area (TPSA) is 25.8 Å². The van der Waals surface area contributed by atoms with E-state index in [1.165, 1.54) is 16.5 Å². The standard InChI is InChI=1S/C15H14N2S/c1-2-5-12-10-18-15(17-12)14-13-7-4-3-6-11(13)8-9-16-14/h3-4,6-10H,2,5H2,1H3. The van der Waals surface area contributed by atoms with Gasteiger partial charge >= 0.3 is 0 Å². The fraction of sp³-hybridized carbons (Fsp3) is 0.200. The molecule has 0 aliphatic rings. The average Bonchev–Trinajstić information content (AvgIpc) is 2.87. The van der Waals surface area contributed by atoms with Gasteiger partial charge in [0.1, 0.15) is 10.7 Å². The highest BCUT2D eigenvalue weighted by atomic mass is 32.1. The molecule has 3 rings (SSSR count). The second-order valence-electron chi connectivity index (χ2n) is 4.27. The van der Waals surface area contributed by atoms with E-state index in [0.717, 1.165) is 23.5 Å². The van der Waals surface area contributed by atoms with Gasteiger partial charge in [0.25, 0.3) is 0 Å². The first-order valence-corrected chi connectivity index (χ1v) is 7.05. The fourth-order valence-electron chi connectivity index (χ4n) is 2.08. The Hall–Kier alpha value is -1.74. The van der Waals surface area contributed by atoms with Gasteiger partial charge in [-0.2, -0.15) is 0 Å². The van der Waals surface area contributed by atoms with Gasteiger partial charge in [-0.05, 0) is 17.9 Å². The van der Waals surface area contributed by atoms with E-state index in [4.69, 9.17) is 0 Å². The van der Waals surface area contributed by atoms with Crippen LogP contribution in [-0.2, 0) is 6.42 Å². The number of pyridine rings is 1. The monoisotopic (exact) mass is 254 g/mol. The Bertz CT molecular complexity index is 668. The van der Waals surface area contributed by atoms with E-state index in [-0.39, 0.29) is 0 Å². The molecule has 0 atom stereocenters. The number of benzene rings is 1. The van der Waals surface area contributed by atoms with Crippen molar-refractivity contribution < 1.29 is 0 Å². The molecule has 3 heteroatoms. The minimum Gasteiger partial charge on any atom is -0.253 e. The van der Waals surface area contributed by atoms with Crippen LogP contribution in [0.5, 0.6) is 0 Å². The molecule has 2 heterocycles. The summed E-state index contributed by atoms with van der Waals surface area (Å²) in [5, 5.41) is 5.56. The van der Waals surface area contributed by atoms with Crippen LogP contribution in [0, 0.1) is 0 Å². The normalized spacial score (nSPS) is 10.9. The van der Waals surface area contributed by atoms with Crippen LogP contribution in [0.1, 0.15) is 19.0 Å². The van der Waals surface area contributed by atoms with Crippen LogP contribution in [0.4, 0.5) is 0 Å². The van der Waals surface area contributed by atoms with E-state index in [2.05, 4.69) is 40.5 Å². The number of fused-ring (bicyclic) bond motifs is 1. The van der Waals surface area contributed by atoms with Crippen molar-refractivity contribution >= 4 is 22.1 Å². The highest BCUT2D eigenvalue weighted by molar-refractivity contribution is 7.13. The van der Waals surface area contributed by atoms with Gasteiger partial charge in [-0.25, -0.2) is 4.98 Å². The lowest BCUT2D eigenvalue weighted by Gasteiger charge is -2.01. The molecule has 1 aromatic carbocycles. The Morgan fingerprint density at radius 2 is 2.06 bits per heavy atom. The van der Waals surface area contributed by atoms with E-state index in [1.54, 1.807) is 11.3 Å². The van der Waals surface area contributed by atoms with Gasteiger partial charge in [0.05, 0.1) is 5.69 Å². The van der Waals surface area contributed by atoms with Crippen LogP contribution >= 0.6 is 11.3 Å². The summed E-state index contributed by atoms with van der Waals surface area (Å²) >= 11 is 1.68. The van der Waals surface area contributed by atoms with Crippen molar-refractivity contribution in [2.24, 2.45) is 0 Å². The quantitative estimate of drug-likeness (QED) is 0.696. The predicted molar refractivity (Wildman–Crippen MR) is 76.8 cm³/mol. The Morgan fingerprint density at radius 3 is 2.94 bits per heavy atom. The first-order chi connectivity index (χ1) is 8.88. The molecule has 18 heavy (non-hydrogen) atoms. The van der Waals surface area contributed by atoms with Crippen LogP contribution in [0.25, 0.3) is 21.5 Å². The number of thiazole rings is 1. The summed E-state index contributed by atoms with van der Waals surface area (Å²) in [5.41, 5.74) is 2.17. The van der Waals surface area contributed by atoms with Gasteiger partial charge in [-0.3, -0.25) is 4.98 Å². The molecule has 0 aliphatic carbocycles. The fourth-order valence-corrected chi connectivity index (χ4v) is 2.94. The molecule has 3 aromatic rings. The van der Waals surface area contributed by atoms with Crippen LogP contribution in [0.2, 0.25) is 0 Å². The summed E-state index contributed by atoms with van der Waals surface area (Å²) in [6, 6.07) is 10.4. The van der Waals surface area contributed by atoms with Crippen LogP contribution < -0.4 is 0 Å². The highest BCUT2D eigenvalue weighted by Gasteiger charge is 2.09. The predicted octanol–water partition coefficient (Wildman–Crippen LogP) is 4.31. The molecule has 0 bridgehead atoms. The lowest BCUT2D eigenvalue weighted by molar-refractivity contribution is 0.893. The first kappa shape index (κ1) is 11.4. The Kier molecular flexibility index (Phi) is 3.07. The average molecular weight is 254 g/mol. The zero-order valence-corrected chi connectivity index (χ0v) is 11.1. The van der Waals surface area contributed by atoms with Crippen LogP contribution in [0.3, 0.4) is 0 Å². The molecule has 0 aliphatic heterocycles. The van der Waals surface area contributed by atoms with Crippen LogP contribution in [0.15, 0.2) is 41.9 Å². The van der Waals surface area contributed by atoms with Gasteiger partial charge in [0, 0.05) is 17.0 Å². The Labute approximate surface area is 110 Å². The third-order valence-corrected chi connectivity index (χ3v) is 3.83. The zero-order chi connectivity index (χ0) is 12.4. The van der Waals surface area contributed by atoms with Gasteiger partial charge in [-0.1, -0.05) is 37.6 Å². The largest absolute Gasteiger partial charge is 0.253 e. The summed E-state index contributed by atoms with van der Waals surface area (Å²) in [7, 11) is 0. The van der Waals surface area contributed by atoms with Crippen molar-refractivity contribution in [3.63, 3.8) is 0 Å². The minimum absolute atomic E-state index is 1.00. The zero-order valence-electron chi connectivity index (χ0n) is 10.3. The minimum atomic E-state index is 1.00. The van der Waals surface area contributed by atoms with Gasteiger partial charge in [0.2, 0.25) is 0 Å². The Balaban J connectivity index is 2.12. The summed E-state index contributed by atoms with van der Waals surface area (Å²) in [5.74, 6) is 0. The van der Waals surface area contributed by atoms with E-state index < -0.39 is 0 Å². The van der Waals surface area contributed by atoms with E-state index in [1.807, 2.05) is 18.3 Å². The summed E-state index contributed by atoms with van der Waals surface area (Å²) in [6.07, 6.45) is 4.03. The third-order valence-electron chi connectivity index (χ3n) is 2.93. The first-order valence-electron chi connectivity index (χ1n) is 6.17. The maximum atomic E-state index is 4.68. The number of hydrogen-bond acceptors (Lipinski definition) is 3. The van der Waals surface area contributed by atoms with Crippen molar-refractivity contribution in [3.8, 4) is 10.7 Å². The summed E-state index contributed by atoms with van der Waals surface area (Å²) < 4.78 is 0. The second kappa shape index (κ2) is 4.86. The van der Waals surface area contributed by atoms with Crippen molar-refractivity contribution in [1.82, 2.24) is 9.97 Å². The number of aryl methyl sites for hydroxylation is 1. The van der Waals surface area contributed by atoms with Crippen molar-refractivity contribution in [1.29, 1.82) is 0 Å². The third kappa shape index (κ3) is 2.02. The van der Waals surface area contributed by atoms with E-state index in [9.17, 15) is 0 Å². The van der Waals surface area contributed by atoms with E-state index in [0.29, 0.717) is 0 Å². The lowest BCUT2D eigenvalue weighted by Crippen LogP contribution is -1.87. The van der Waals surface area contributed by atoms with E-state index >= 15 is 0 Å². The molecule has 2 nitrogen and oxygen atoms in total. The smallest absolute Gasteiger partial charge is 0.142 e. The SMILES string of the molecule is CCCc1csc(-c2nccc3ccccc23)n1. The molecule has 0 saturated heterocycles. The molecule has 2 aromatic heterocycles. The second-order valence-corrected chi connectivity index (χ2v) is 5.13. The molecule has 0 saturated carbocycles. The molecule has 0 N–H and O–H groups in total. The Morgan fingerprint density at radius 1 is 1.17 bits per heavy atom. The number of hydrogen-bond donors (Lipinski definition) is 0. The van der Waals surface area contributed by atoms with Crippen molar-refractivity contribution in [2.45, 2.75) is 19.8 Å². The maximum Gasteiger partial charge on any atom is 0.142 e. The lowest BCUT2D eigenvalue weighted by atomic mass is 10.1. The molecule has 90 valence electrons. The number of aromatic nitrogens is 2. The summed E-state index contributed by atoms with van der Waals surface area (Å²) in [6.45, 7) is 2.18. The van der Waals surface area contributed by atoms with Crippen molar-refractivity contribution in [2.75, 3.05) is 0 Å². The van der Waals surface area contributed by atoms with Gasteiger partial charge in [0.15, 0.2) is 0 Å². The number of nitrogens with zero attached hydrogens (tertiary/aromatic N) is 2. The maximum absolute atomic E-state index is 4.68. The molecule has 0 radical (unpaired) electrons. The molecular formula is C15H14N2S. The van der Waals surface area contributed by atoms with Crippen molar-refractivity contribution in [3.05, 3.63) is 47.6 Å². The molecule has 0 fully saturated rings. The van der Waals surface area contributed by atoms with Gasteiger partial charge in [-0.15, -0.1) is 11.3 Å². The van der Waals surface area contributed by atoms with Crippen LogP contribution in [-0.4, -0.2) is 9.97 Å². The highest BCUT2D eigenvalue weighted by Crippen LogP contribution is 2.28. The van der Waals surface area contributed by atoms with Gasteiger partial charge < -0.3 is 0 Å². The number of rotatable bonds is 3.